The van der Waals surface area contributed by atoms with Gasteiger partial charge in [0.05, 0.1) is 18.4 Å². The Morgan fingerprint density at radius 3 is 2.23 bits per heavy atom. The molecule has 1 heterocycles. The molecule has 1 aliphatic heterocycles. The topological polar surface area (TPSA) is 57.2 Å². The standard InChI is InChI=1S/C25H47NO5/c1-8-9-10-11-12-16-19-28-20-21(2)23(27)30-25(6,7)24(4,5)29-22(3)31-26-17-14-13-15-18-26/h20,22H,8-19H2,1-7H3/b21-20+. The van der Waals surface area contributed by atoms with Crippen LogP contribution in [0, 0.1) is 0 Å². The molecule has 0 aromatic carbocycles. The van der Waals surface area contributed by atoms with E-state index >= 15 is 0 Å². The second kappa shape index (κ2) is 14.1. The van der Waals surface area contributed by atoms with E-state index in [9.17, 15) is 4.79 Å². The summed E-state index contributed by atoms with van der Waals surface area (Å²) in [5.74, 6) is -0.394. The van der Waals surface area contributed by atoms with Crippen LogP contribution in [0.2, 0.25) is 0 Å². The van der Waals surface area contributed by atoms with E-state index in [2.05, 4.69) is 6.92 Å². The lowest BCUT2D eigenvalue weighted by atomic mass is 9.89. The lowest BCUT2D eigenvalue weighted by Crippen LogP contribution is -2.52. The molecular formula is C25H47NO5. The molecule has 0 amide bonds. The first-order valence-corrected chi connectivity index (χ1v) is 12.2. The van der Waals surface area contributed by atoms with Gasteiger partial charge in [0.25, 0.3) is 0 Å². The molecule has 6 nitrogen and oxygen atoms in total. The van der Waals surface area contributed by atoms with Crippen LogP contribution in [0.25, 0.3) is 0 Å². The fourth-order valence-corrected chi connectivity index (χ4v) is 3.39. The van der Waals surface area contributed by atoms with E-state index in [0.717, 1.165) is 38.8 Å². The van der Waals surface area contributed by atoms with Crippen molar-refractivity contribution in [2.45, 2.75) is 124 Å². The largest absolute Gasteiger partial charge is 0.501 e. The van der Waals surface area contributed by atoms with Crippen molar-refractivity contribution in [3.05, 3.63) is 11.8 Å². The molecule has 1 fully saturated rings. The first-order chi connectivity index (χ1) is 14.6. The van der Waals surface area contributed by atoms with E-state index < -0.39 is 23.5 Å². The van der Waals surface area contributed by atoms with Crippen LogP contribution >= 0.6 is 0 Å². The number of piperidine rings is 1. The summed E-state index contributed by atoms with van der Waals surface area (Å²) in [7, 11) is 0. The SMILES string of the molecule is CCCCCCCCO/C=C(\C)C(=O)OC(C)(C)C(C)(C)OC(C)ON1CCCCC1. The van der Waals surface area contributed by atoms with Crippen molar-refractivity contribution < 1.29 is 23.8 Å². The van der Waals surface area contributed by atoms with Gasteiger partial charge in [0.15, 0.2) is 6.29 Å². The lowest BCUT2D eigenvalue weighted by molar-refractivity contribution is -0.321. The fourth-order valence-electron chi connectivity index (χ4n) is 3.39. The molecule has 1 aliphatic rings. The Balaban J connectivity index is 2.43. The van der Waals surface area contributed by atoms with Crippen LogP contribution in [0.4, 0.5) is 0 Å². The number of ether oxygens (including phenoxy) is 3. The predicted octanol–water partition coefficient (Wildman–Crippen LogP) is 6.15. The molecule has 0 spiro atoms. The van der Waals surface area contributed by atoms with Gasteiger partial charge in [0.2, 0.25) is 0 Å². The smallest absolute Gasteiger partial charge is 0.337 e. The minimum Gasteiger partial charge on any atom is -0.501 e. The number of carbonyl (C=O) groups is 1. The fraction of sp³-hybridized carbons (Fsp3) is 0.880. The van der Waals surface area contributed by atoms with Crippen LogP contribution in [0.15, 0.2) is 11.8 Å². The summed E-state index contributed by atoms with van der Waals surface area (Å²) in [4.78, 5) is 18.5. The molecule has 6 heteroatoms. The highest BCUT2D eigenvalue weighted by molar-refractivity contribution is 5.87. The van der Waals surface area contributed by atoms with Crippen molar-refractivity contribution >= 4 is 5.97 Å². The van der Waals surface area contributed by atoms with Crippen LogP contribution in [-0.4, -0.2) is 48.2 Å². The molecule has 0 N–H and O–H groups in total. The van der Waals surface area contributed by atoms with Gasteiger partial charge in [-0.05, 0) is 60.8 Å². The van der Waals surface area contributed by atoms with E-state index in [0.29, 0.717) is 12.2 Å². The second-order valence-electron chi connectivity index (χ2n) is 9.63. The summed E-state index contributed by atoms with van der Waals surface area (Å²) in [6, 6.07) is 0. The van der Waals surface area contributed by atoms with Crippen LogP contribution in [0.3, 0.4) is 0 Å². The maximum atomic E-state index is 12.6. The minimum atomic E-state index is -0.849. The van der Waals surface area contributed by atoms with Crippen molar-refractivity contribution in [1.82, 2.24) is 5.06 Å². The van der Waals surface area contributed by atoms with Crippen LogP contribution in [0.5, 0.6) is 0 Å². The van der Waals surface area contributed by atoms with E-state index in [4.69, 9.17) is 19.0 Å². The Hall–Kier alpha value is -1.11. The van der Waals surface area contributed by atoms with Gasteiger partial charge in [-0.25, -0.2) is 4.79 Å². The van der Waals surface area contributed by atoms with E-state index in [1.54, 1.807) is 6.92 Å². The normalized spacial score (nSPS) is 17.5. The Labute approximate surface area is 190 Å². The highest BCUT2D eigenvalue weighted by atomic mass is 16.8. The van der Waals surface area contributed by atoms with Gasteiger partial charge >= 0.3 is 5.97 Å². The highest BCUT2D eigenvalue weighted by Gasteiger charge is 2.43. The van der Waals surface area contributed by atoms with E-state index in [-0.39, 0.29) is 0 Å². The average molecular weight is 442 g/mol. The second-order valence-corrected chi connectivity index (χ2v) is 9.63. The quantitative estimate of drug-likeness (QED) is 0.0999. The number of unbranched alkanes of at least 4 members (excludes halogenated alkanes) is 5. The maximum Gasteiger partial charge on any atom is 0.337 e. The third-order valence-corrected chi connectivity index (χ3v) is 6.07. The van der Waals surface area contributed by atoms with Gasteiger partial charge in [0, 0.05) is 13.1 Å². The summed E-state index contributed by atoms with van der Waals surface area (Å²) >= 11 is 0. The number of carbonyl (C=O) groups excluding carboxylic acids is 1. The first-order valence-electron chi connectivity index (χ1n) is 12.2. The molecule has 182 valence electrons. The van der Waals surface area contributed by atoms with Gasteiger partial charge < -0.3 is 14.2 Å². The summed E-state index contributed by atoms with van der Waals surface area (Å²) in [5.41, 5.74) is -1.14. The summed E-state index contributed by atoms with van der Waals surface area (Å²) in [6.45, 7) is 15.9. The summed E-state index contributed by atoms with van der Waals surface area (Å²) in [6.07, 6.45) is 11.9. The van der Waals surface area contributed by atoms with Gasteiger partial charge in [0.1, 0.15) is 11.2 Å². The Kier molecular flexibility index (Phi) is 12.7. The van der Waals surface area contributed by atoms with Crippen molar-refractivity contribution in [3.63, 3.8) is 0 Å². The Morgan fingerprint density at radius 2 is 1.58 bits per heavy atom. The first kappa shape index (κ1) is 27.9. The monoisotopic (exact) mass is 441 g/mol. The number of esters is 1. The number of hydrogen-bond acceptors (Lipinski definition) is 6. The molecule has 0 aromatic rings. The van der Waals surface area contributed by atoms with E-state index in [1.165, 1.54) is 38.4 Å². The van der Waals surface area contributed by atoms with Gasteiger partial charge in [-0.3, -0.25) is 4.84 Å². The van der Waals surface area contributed by atoms with Crippen molar-refractivity contribution in [2.75, 3.05) is 19.7 Å². The number of nitrogens with zero attached hydrogens (tertiary/aromatic N) is 1. The molecule has 0 saturated carbocycles. The van der Waals surface area contributed by atoms with Gasteiger partial charge in [-0.15, -0.1) is 0 Å². The van der Waals surface area contributed by atoms with Crippen LogP contribution in [-0.2, 0) is 23.8 Å². The lowest BCUT2D eigenvalue weighted by Gasteiger charge is -2.42. The zero-order chi connectivity index (χ0) is 23.3. The zero-order valence-electron chi connectivity index (χ0n) is 21.1. The summed E-state index contributed by atoms with van der Waals surface area (Å²) in [5, 5.41) is 1.97. The molecule has 1 unspecified atom stereocenters. The average Bonchev–Trinajstić information content (AvgIpc) is 2.69. The zero-order valence-corrected chi connectivity index (χ0v) is 21.1. The minimum absolute atomic E-state index is 0.394. The van der Waals surface area contributed by atoms with Crippen molar-refractivity contribution in [1.29, 1.82) is 0 Å². The molecule has 0 aromatic heterocycles. The van der Waals surface area contributed by atoms with Gasteiger partial charge in [-0.2, -0.15) is 5.06 Å². The molecule has 0 radical (unpaired) electrons. The number of hydrogen-bond donors (Lipinski definition) is 0. The molecule has 0 aliphatic carbocycles. The molecule has 0 bridgehead atoms. The molecule has 1 saturated heterocycles. The Bertz CT molecular complexity index is 538. The predicted molar refractivity (Wildman–Crippen MR) is 124 cm³/mol. The van der Waals surface area contributed by atoms with E-state index in [1.807, 2.05) is 39.7 Å². The van der Waals surface area contributed by atoms with Crippen molar-refractivity contribution in [3.8, 4) is 0 Å². The molecule has 1 atom stereocenters. The molecular weight excluding hydrogens is 394 g/mol. The third-order valence-electron chi connectivity index (χ3n) is 6.07. The third kappa shape index (κ3) is 10.8. The Morgan fingerprint density at radius 1 is 0.968 bits per heavy atom. The van der Waals surface area contributed by atoms with Crippen molar-refractivity contribution in [2.24, 2.45) is 0 Å². The number of rotatable bonds is 15. The molecule has 31 heavy (non-hydrogen) atoms. The molecule has 1 rings (SSSR count). The highest BCUT2D eigenvalue weighted by Crippen LogP contribution is 2.31. The van der Waals surface area contributed by atoms with Crippen LogP contribution < -0.4 is 0 Å². The maximum absolute atomic E-state index is 12.6. The van der Waals surface area contributed by atoms with Crippen LogP contribution in [0.1, 0.15) is 106 Å². The summed E-state index contributed by atoms with van der Waals surface area (Å²) < 4.78 is 17.5. The van der Waals surface area contributed by atoms with Gasteiger partial charge in [-0.1, -0.05) is 45.4 Å². The number of hydroxylamine groups is 2.